The molecule has 0 spiro atoms. The largest absolute Gasteiger partial charge is 0.507 e. The Morgan fingerprint density at radius 1 is 1.10 bits per heavy atom. The number of hydrogen-bond donors (Lipinski definition) is 1. The minimum Gasteiger partial charge on any atom is -0.507 e. The molecular formula is C16H16ClNO3. The van der Waals surface area contributed by atoms with Crippen LogP contribution in [0.15, 0.2) is 35.3 Å². The number of phenolic OH excluding ortho intramolecular Hbond substituents is 1. The maximum absolute atomic E-state index is 9.77. The van der Waals surface area contributed by atoms with E-state index in [1.54, 1.807) is 38.6 Å². The lowest BCUT2D eigenvalue weighted by molar-refractivity contribution is 0.355. The second kappa shape index (κ2) is 6.50. The lowest BCUT2D eigenvalue weighted by Crippen LogP contribution is -1.91. The topological polar surface area (TPSA) is 51.0 Å². The average molecular weight is 306 g/mol. The van der Waals surface area contributed by atoms with Crippen LogP contribution < -0.4 is 9.47 Å². The van der Waals surface area contributed by atoms with Crippen LogP contribution >= 0.6 is 11.6 Å². The van der Waals surface area contributed by atoms with Crippen molar-refractivity contribution >= 4 is 23.5 Å². The van der Waals surface area contributed by atoms with Crippen molar-refractivity contribution in [3.8, 4) is 17.2 Å². The zero-order valence-electron chi connectivity index (χ0n) is 12.1. The van der Waals surface area contributed by atoms with E-state index in [0.29, 0.717) is 22.1 Å². The molecule has 0 radical (unpaired) electrons. The van der Waals surface area contributed by atoms with E-state index >= 15 is 0 Å². The maximum Gasteiger partial charge on any atom is 0.162 e. The molecule has 0 amide bonds. The fraction of sp³-hybridized carbons (Fsp3) is 0.188. The maximum atomic E-state index is 9.77. The second-order valence-corrected chi connectivity index (χ2v) is 4.89. The third-order valence-electron chi connectivity index (χ3n) is 3.03. The molecule has 0 saturated carbocycles. The van der Waals surface area contributed by atoms with Crippen LogP contribution in [0.25, 0.3) is 0 Å². The molecule has 2 aromatic carbocycles. The van der Waals surface area contributed by atoms with Crippen molar-refractivity contribution in [1.82, 2.24) is 0 Å². The number of aliphatic imine (C=N–C) groups is 1. The summed E-state index contributed by atoms with van der Waals surface area (Å²) in [5, 5.41) is 10.3. The molecule has 21 heavy (non-hydrogen) atoms. The summed E-state index contributed by atoms with van der Waals surface area (Å²) in [5.74, 6) is 1.38. The van der Waals surface area contributed by atoms with E-state index in [9.17, 15) is 5.11 Å². The van der Waals surface area contributed by atoms with E-state index in [2.05, 4.69) is 4.99 Å². The molecule has 0 bridgehead atoms. The van der Waals surface area contributed by atoms with Gasteiger partial charge in [-0.15, -0.1) is 0 Å². The van der Waals surface area contributed by atoms with Crippen LogP contribution in [0, 0.1) is 6.92 Å². The van der Waals surface area contributed by atoms with Crippen LogP contribution in [0.5, 0.6) is 17.2 Å². The zero-order chi connectivity index (χ0) is 15.4. The SMILES string of the molecule is COc1cc(C)c(N=Cc2cc(Cl)ccc2O)cc1OC. The third kappa shape index (κ3) is 3.47. The molecule has 0 aliphatic carbocycles. The Morgan fingerprint density at radius 3 is 2.43 bits per heavy atom. The molecule has 0 unspecified atom stereocenters. The monoisotopic (exact) mass is 305 g/mol. The summed E-state index contributed by atoms with van der Waals surface area (Å²) in [6.45, 7) is 1.92. The van der Waals surface area contributed by atoms with Crippen LogP contribution in [-0.2, 0) is 0 Å². The van der Waals surface area contributed by atoms with Gasteiger partial charge in [0.15, 0.2) is 11.5 Å². The molecule has 0 fully saturated rings. The molecule has 0 saturated heterocycles. The Balaban J connectivity index is 2.39. The van der Waals surface area contributed by atoms with E-state index in [-0.39, 0.29) is 5.75 Å². The highest BCUT2D eigenvalue weighted by Crippen LogP contribution is 2.34. The Bertz CT molecular complexity index is 683. The Morgan fingerprint density at radius 2 is 1.76 bits per heavy atom. The zero-order valence-corrected chi connectivity index (χ0v) is 12.8. The van der Waals surface area contributed by atoms with Gasteiger partial charge < -0.3 is 14.6 Å². The van der Waals surface area contributed by atoms with Crippen molar-refractivity contribution < 1.29 is 14.6 Å². The van der Waals surface area contributed by atoms with Crippen molar-refractivity contribution in [2.24, 2.45) is 4.99 Å². The van der Waals surface area contributed by atoms with Gasteiger partial charge in [0.1, 0.15) is 5.75 Å². The number of ether oxygens (including phenoxy) is 2. The molecule has 110 valence electrons. The third-order valence-corrected chi connectivity index (χ3v) is 3.27. The van der Waals surface area contributed by atoms with Crippen LogP contribution in [0.2, 0.25) is 5.02 Å². The Kier molecular flexibility index (Phi) is 4.70. The van der Waals surface area contributed by atoms with Crippen LogP contribution in [0.3, 0.4) is 0 Å². The summed E-state index contributed by atoms with van der Waals surface area (Å²) in [6.07, 6.45) is 1.56. The van der Waals surface area contributed by atoms with E-state index in [1.165, 1.54) is 6.07 Å². The standard InChI is InChI=1S/C16H16ClNO3/c1-10-6-15(20-2)16(21-3)8-13(10)18-9-11-7-12(17)4-5-14(11)19/h4-9,19H,1-3H3. The fourth-order valence-electron chi connectivity index (χ4n) is 1.88. The van der Waals surface area contributed by atoms with E-state index in [1.807, 2.05) is 13.0 Å². The predicted octanol–water partition coefficient (Wildman–Crippen LogP) is 4.12. The molecule has 0 aliphatic heterocycles. The Labute approximate surface area is 128 Å². The number of phenols is 1. The van der Waals surface area contributed by atoms with Gasteiger partial charge in [0, 0.05) is 22.9 Å². The molecule has 4 nitrogen and oxygen atoms in total. The number of benzene rings is 2. The molecule has 0 aromatic heterocycles. The first-order valence-electron chi connectivity index (χ1n) is 6.30. The number of rotatable bonds is 4. The lowest BCUT2D eigenvalue weighted by atomic mass is 10.1. The molecular weight excluding hydrogens is 290 g/mol. The van der Waals surface area contributed by atoms with Crippen molar-refractivity contribution in [3.05, 3.63) is 46.5 Å². The van der Waals surface area contributed by atoms with Crippen molar-refractivity contribution in [2.45, 2.75) is 6.92 Å². The van der Waals surface area contributed by atoms with Crippen LogP contribution in [-0.4, -0.2) is 25.5 Å². The van der Waals surface area contributed by atoms with Crippen molar-refractivity contribution in [3.63, 3.8) is 0 Å². The fourth-order valence-corrected chi connectivity index (χ4v) is 2.06. The van der Waals surface area contributed by atoms with Crippen molar-refractivity contribution in [2.75, 3.05) is 14.2 Å². The predicted molar refractivity (Wildman–Crippen MR) is 84.7 cm³/mol. The highest BCUT2D eigenvalue weighted by molar-refractivity contribution is 6.30. The molecule has 0 heterocycles. The van der Waals surface area contributed by atoms with E-state index in [4.69, 9.17) is 21.1 Å². The summed E-state index contributed by atoms with van der Waals surface area (Å²) in [6, 6.07) is 8.44. The smallest absolute Gasteiger partial charge is 0.162 e. The van der Waals surface area contributed by atoms with Crippen LogP contribution in [0.1, 0.15) is 11.1 Å². The first-order chi connectivity index (χ1) is 10.0. The van der Waals surface area contributed by atoms with Gasteiger partial charge >= 0.3 is 0 Å². The second-order valence-electron chi connectivity index (χ2n) is 4.46. The summed E-state index contributed by atoms with van der Waals surface area (Å²) >= 11 is 5.91. The van der Waals surface area contributed by atoms with Crippen LogP contribution in [0.4, 0.5) is 5.69 Å². The molecule has 0 atom stereocenters. The highest BCUT2D eigenvalue weighted by Gasteiger charge is 2.08. The summed E-state index contributed by atoms with van der Waals surface area (Å²) in [4.78, 5) is 4.38. The van der Waals surface area contributed by atoms with Gasteiger partial charge in [0.05, 0.1) is 19.9 Å². The molecule has 1 N–H and O–H groups in total. The first kappa shape index (κ1) is 15.2. The number of aromatic hydroxyl groups is 1. The number of halogens is 1. The van der Waals surface area contributed by atoms with E-state index in [0.717, 1.165) is 11.3 Å². The number of hydrogen-bond acceptors (Lipinski definition) is 4. The van der Waals surface area contributed by atoms with Gasteiger partial charge in [-0.2, -0.15) is 0 Å². The number of aryl methyl sites for hydroxylation is 1. The molecule has 0 aliphatic rings. The first-order valence-corrected chi connectivity index (χ1v) is 6.68. The summed E-state index contributed by atoms with van der Waals surface area (Å²) in [5.41, 5.74) is 2.22. The minimum atomic E-state index is 0.126. The minimum absolute atomic E-state index is 0.126. The molecule has 5 heteroatoms. The van der Waals surface area contributed by atoms with Gasteiger partial charge in [0.2, 0.25) is 0 Å². The highest BCUT2D eigenvalue weighted by atomic mass is 35.5. The van der Waals surface area contributed by atoms with Crippen molar-refractivity contribution in [1.29, 1.82) is 0 Å². The van der Waals surface area contributed by atoms with Gasteiger partial charge in [-0.25, -0.2) is 0 Å². The summed E-state index contributed by atoms with van der Waals surface area (Å²) in [7, 11) is 3.16. The normalized spacial score (nSPS) is 10.9. The van der Waals surface area contributed by atoms with Gasteiger partial charge in [-0.3, -0.25) is 4.99 Å². The van der Waals surface area contributed by atoms with E-state index < -0.39 is 0 Å². The quantitative estimate of drug-likeness (QED) is 0.864. The Hall–Kier alpha value is -2.20. The average Bonchev–Trinajstić information content (AvgIpc) is 2.48. The molecule has 2 rings (SSSR count). The summed E-state index contributed by atoms with van der Waals surface area (Å²) < 4.78 is 10.5. The number of methoxy groups -OCH3 is 2. The van der Waals surface area contributed by atoms with Gasteiger partial charge in [0.25, 0.3) is 0 Å². The van der Waals surface area contributed by atoms with Gasteiger partial charge in [-0.05, 0) is 36.8 Å². The van der Waals surface area contributed by atoms with Gasteiger partial charge in [-0.1, -0.05) is 11.6 Å². The lowest BCUT2D eigenvalue weighted by Gasteiger charge is -2.10. The molecule has 2 aromatic rings. The number of nitrogens with zero attached hydrogens (tertiary/aromatic N) is 1.